The second kappa shape index (κ2) is 4.79. The molecule has 0 saturated carbocycles. The van der Waals surface area contributed by atoms with E-state index in [2.05, 4.69) is 56.4 Å². The highest BCUT2D eigenvalue weighted by Crippen LogP contribution is 2.32. The highest BCUT2D eigenvalue weighted by molar-refractivity contribution is 5.35. The van der Waals surface area contributed by atoms with Gasteiger partial charge in [0, 0.05) is 6.54 Å². The molecule has 1 aromatic carbocycles. The first-order chi connectivity index (χ1) is 8.03. The van der Waals surface area contributed by atoms with Gasteiger partial charge in [-0.1, -0.05) is 18.2 Å². The maximum absolute atomic E-state index is 3.72. The van der Waals surface area contributed by atoms with Crippen molar-refractivity contribution in [2.75, 3.05) is 27.2 Å². The number of hydrogen-bond donors (Lipinski definition) is 1. The summed E-state index contributed by atoms with van der Waals surface area (Å²) in [4.78, 5) is 2.29. The van der Waals surface area contributed by atoms with Gasteiger partial charge in [0.25, 0.3) is 0 Å². The zero-order chi connectivity index (χ0) is 12.5. The molecule has 1 aliphatic heterocycles. The third-order valence-electron chi connectivity index (χ3n) is 3.89. The average molecular weight is 232 g/mol. The van der Waals surface area contributed by atoms with Crippen LogP contribution < -0.4 is 5.32 Å². The third-order valence-corrected chi connectivity index (χ3v) is 3.89. The van der Waals surface area contributed by atoms with Gasteiger partial charge in [-0.2, -0.15) is 0 Å². The van der Waals surface area contributed by atoms with Crippen molar-refractivity contribution in [2.45, 2.75) is 32.2 Å². The van der Waals surface area contributed by atoms with E-state index in [-0.39, 0.29) is 5.54 Å². The molecule has 0 bridgehead atoms. The topological polar surface area (TPSA) is 15.3 Å². The van der Waals surface area contributed by atoms with Gasteiger partial charge >= 0.3 is 0 Å². The van der Waals surface area contributed by atoms with E-state index >= 15 is 0 Å². The fourth-order valence-electron chi connectivity index (χ4n) is 2.86. The molecule has 2 rings (SSSR count). The number of rotatable bonds is 3. The molecule has 2 heteroatoms. The summed E-state index contributed by atoms with van der Waals surface area (Å²) in [6.45, 7) is 6.60. The first-order valence-electron chi connectivity index (χ1n) is 6.51. The van der Waals surface area contributed by atoms with Crippen LogP contribution in [0.25, 0.3) is 0 Å². The Balaban J connectivity index is 2.35. The fraction of sp³-hybridized carbons (Fsp3) is 0.600. The smallest absolute Gasteiger partial charge is 0.0563 e. The maximum Gasteiger partial charge on any atom is 0.0563 e. The monoisotopic (exact) mass is 232 g/mol. The molecule has 1 N–H and O–H groups in total. The van der Waals surface area contributed by atoms with Crippen molar-refractivity contribution in [1.82, 2.24) is 10.2 Å². The van der Waals surface area contributed by atoms with Crippen LogP contribution in [0, 0.1) is 13.8 Å². The van der Waals surface area contributed by atoms with Gasteiger partial charge < -0.3 is 10.2 Å². The molecule has 0 radical (unpaired) electrons. The molecular weight excluding hydrogens is 208 g/mol. The van der Waals surface area contributed by atoms with E-state index in [1.54, 1.807) is 0 Å². The first-order valence-corrected chi connectivity index (χ1v) is 6.51. The predicted octanol–water partition coefficient (Wildman–Crippen LogP) is 2.44. The molecule has 1 atom stereocenters. The SMILES string of the molecule is Cc1ccc(C2(CN(C)C)CCCN2)cc1C. The van der Waals surface area contributed by atoms with Crippen LogP contribution in [0.5, 0.6) is 0 Å². The second-order valence-electron chi connectivity index (χ2n) is 5.65. The Hall–Kier alpha value is -0.860. The number of likely N-dealkylation sites (N-methyl/N-ethyl adjacent to an activating group) is 1. The summed E-state index contributed by atoms with van der Waals surface area (Å²) in [5.74, 6) is 0. The van der Waals surface area contributed by atoms with Gasteiger partial charge in [0.05, 0.1) is 5.54 Å². The Morgan fingerprint density at radius 2 is 2.00 bits per heavy atom. The fourth-order valence-corrected chi connectivity index (χ4v) is 2.86. The van der Waals surface area contributed by atoms with Crippen molar-refractivity contribution in [1.29, 1.82) is 0 Å². The largest absolute Gasteiger partial charge is 0.307 e. The highest BCUT2D eigenvalue weighted by atomic mass is 15.1. The molecule has 0 aliphatic carbocycles. The number of benzene rings is 1. The minimum atomic E-state index is 0.169. The van der Waals surface area contributed by atoms with Crippen LogP contribution in [0.15, 0.2) is 18.2 Å². The summed E-state index contributed by atoms with van der Waals surface area (Å²) in [7, 11) is 4.31. The maximum atomic E-state index is 3.72. The Morgan fingerprint density at radius 3 is 2.53 bits per heavy atom. The molecule has 0 amide bonds. The van der Waals surface area contributed by atoms with Crippen LogP contribution in [-0.2, 0) is 5.54 Å². The van der Waals surface area contributed by atoms with Gasteiger partial charge in [-0.3, -0.25) is 0 Å². The van der Waals surface area contributed by atoms with Crippen LogP contribution in [0.2, 0.25) is 0 Å². The summed E-state index contributed by atoms with van der Waals surface area (Å²) in [5, 5.41) is 3.72. The molecule has 2 nitrogen and oxygen atoms in total. The van der Waals surface area contributed by atoms with Crippen molar-refractivity contribution >= 4 is 0 Å². The molecule has 0 aromatic heterocycles. The van der Waals surface area contributed by atoms with Gasteiger partial charge in [0.1, 0.15) is 0 Å². The zero-order valence-corrected chi connectivity index (χ0v) is 11.5. The summed E-state index contributed by atoms with van der Waals surface area (Å²) in [5.41, 5.74) is 4.40. The van der Waals surface area contributed by atoms with Gasteiger partial charge in [0.2, 0.25) is 0 Å². The van der Waals surface area contributed by atoms with Crippen LogP contribution >= 0.6 is 0 Å². The predicted molar refractivity (Wildman–Crippen MR) is 73.4 cm³/mol. The van der Waals surface area contributed by atoms with Crippen LogP contribution in [0.4, 0.5) is 0 Å². The normalized spacial score (nSPS) is 24.5. The van der Waals surface area contributed by atoms with E-state index < -0.39 is 0 Å². The highest BCUT2D eigenvalue weighted by Gasteiger charge is 2.35. The summed E-state index contributed by atoms with van der Waals surface area (Å²) < 4.78 is 0. The van der Waals surface area contributed by atoms with Crippen molar-refractivity contribution in [3.8, 4) is 0 Å². The van der Waals surface area contributed by atoms with E-state index in [1.165, 1.54) is 29.5 Å². The molecule has 94 valence electrons. The molecule has 17 heavy (non-hydrogen) atoms. The Labute approximate surface area is 105 Å². The lowest BCUT2D eigenvalue weighted by atomic mass is 9.86. The lowest BCUT2D eigenvalue weighted by molar-refractivity contribution is 0.260. The molecule has 1 fully saturated rings. The Kier molecular flexibility index (Phi) is 3.55. The quantitative estimate of drug-likeness (QED) is 0.861. The number of nitrogens with one attached hydrogen (secondary N) is 1. The van der Waals surface area contributed by atoms with Crippen molar-refractivity contribution in [2.24, 2.45) is 0 Å². The summed E-state index contributed by atoms with van der Waals surface area (Å²) in [6.07, 6.45) is 2.52. The molecule has 1 aromatic rings. The standard InChI is InChI=1S/C15H24N2/c1-12-6-7-14(10-13(12)2)15(11-17(3)4)8-5-9-16-15/h6-7,10,16H,5,8-9,11H2,1-4H3. The molecule has 1 heterocycles. The van der Waals surface area contributed by atoms with Crippen LogP contribution in [0.3, 0.4) is 0 Å². The van der Waals surface area contributed by atoms with E-state index in [9.17, 15) is 0 Å². The first kappa shape index (κ1) is 12.6. The van der Waals surface area contributed by atoms with E-state index in [4.69, 9.17) is 0 Å². The van der Waals surface area contributed by atoms with E-state index in [0.717, 1.165) is 13.1 Å². The molecule has 1 unspecified atom stereocenters. The lowest BCUT2D eigenvalue weighted by Gasteiger charge is -2.33. The summed E-state index contributed by atoms with van der Waals surface area (Å²) in [6, 6.07) is 6.91. The molecular formula is C15H24N2. The number of nitrogens with zero attached hydrogens (tertiary/aromatic N) is 1. The Bertz CT molecular complexity index is 390. The summed E-state index contributed by atoms with van der Waals surface area (Å²) >= 11 is 0. The third kappa shape index (κ3) is 2.53. The van der Waals surface area contributed by atoms with Gasteiger partial charge in [-0.25, -0.2) is 0 Å². The Morgan fingerprint density at radius 1 is 1.24 bits per heavy atom. The van der Waals surface area contributed by atoms with Gasteiger partial charge in [0.15, 0.2) is 0 Å². The number of aryl methyl sites for hydroxylation is 2. The van der Waals surface area contributed by atoms with Crippen LogP contribution in [0.1, 0.15) is 29.5 Å². The van der Waals surface area contributed by atoms with Crippen molar-refractivity contribution < 1.29 is 0 Å². The van der Waals surface area contributed by atoms with Crippen LogP contribution in [-0.4, -0.2) is 32.1 Å². The zero-order valence-electron chi connectivity index (χ0n) is 11.5. The molecule has 0 spiro atoms. The van der Waals surface area contributed by atoms with Gasteiger partial charge in [-0.05, 0) is 64.0 Å². The van der Waals surface area contributed by atoms with E-state index in [1.807, 2.05) is 0 Å². The van der Waals surface area contributed by atoms with Crippen molar-refractivity contribution in [3.05, 3.63) is 34.9 Å². The van der Waals surface area contributed by atoms with Gasteiger partial charge in [-0.15, -0.1) is 0 Å². The van der Waals surface area contributed by atoms with Crippen molar-refractivity contribution in [3.63, 3.8) is 0 Å². The molecule has 1 aliphatic rings. The van der Waals surface area contributed by atoms with E-state index in [0.29, 0.717) is 0 Å². The minimum Gasteiger partial charge on any atom is -0.307 e. The number of hydrogen-bond acceptors (Lipinski definition) is 2. The molecule has 1 saturated heterocycles. The second-order valence-corrected chi connectivity index (χ2v) is 5.65. The lowest BCUT2D eigenvalue weighted by Crippen LogP contribution is -2.45. The average Bonchev–Trinajstić information content (AvgIpc) is 2.70. The minimum absolute atomic E-state index is 0.169.